The summed E-state index contributed by atoms with van der Waals surface area (Å²) in [7, 11) is 0. The van der Waals surface area contributed by atoms with Crippen molar-refractivity contribution in [2.75, 3.05) is 11.1 Å². The first-order chi connectivity index (χ1) is 17.6. The molecule has 0 spiro atoms. The summed E-state index contributed by atoms with van der Waals surface area (Å²) in [5.74, 6) is 0.802. The number of amides is 1. The number of aryl methyl sites for hydroxylation is 1. The van der Waals surface area contributed by atoms with Crippen LogP contribution in [0.4, 0.5) is 5.13 Å². The monoisotopic (exact) mass is 575 g/mol. The fraction of sp³-hybridized carbons (Fsp3) is 0.111. The van der Waals surface area contributed by atoms with Gasteiger partial charge in [-0.1, -0.05) is 88.4 Å². The van der Waals surface area contributed by atoms with Crippen molar-refractivity contribution in [2.24, 2.45) is 0 Å². The average Bonchev–Trinajstić information content (AvgIpc) is 3.52. The van der Waals surface area contributed by atoms with Crippen LogP contribution in [0.1, 0.15) is 16.0 Å². The average molecular weight is 577 g/mol. The van der Waals surface area contributed by atoms with Gasteiger partial charge in [0.05, 0.1) is 11.4 Å². The predicted molar refractivity (Wildman–Crippen MR) is 150 cm³/mol. The summed E-state index contributed by atoms with van der Waals surface area (Å²) >= 11 is 6.30. The molecule has 36 heavy (non-hydrogen) atoms. The van der Waals surface area contributed by atoms with Gasteiger partial charge in [0.2, 0.25) is 5.91 Å². The van der Waals surface area contributed by atoms with E-state index in [1.165, 1.54) is 28.7 Å². The number of nitrogens with zero attached hydrogens (tertiary/aromatic N) is 4. The Labute approximate surface area is 226 Å². The number of anilines is 1. The number of carbonyl (C=O) groups is 1. The Bertz CT molecular complexity index is 1480. The minimum absolute atomic E-state index is 0.134. The summed E-state index contributed by atoms with van der Waals surface area (Å²) in [4.78, 5) is 18.2. The van der Waals surface area contributed by atoms with Crippen LogP contribution >= 0.6 is 39.0 Å². The zero-order valence-electron chi connectivity index (χ0n) is 19.4. The highest BCUT2D eigenvalue weighted by Crippen LogP contribution is 2.30. The van der Waals surface area contributed by atoms with Crippen LogP contribution in [0.5, 0.6) is 0 Å². The van der Waals surface area contributed by atoms with Crippen LogP contribution in [0.3, 0.4) is 0 Å². The maximum atomic E-state index is 12.8. The molecule has 0 aliphatic rings. The largest absolute Gasteiger partial charge is 0.301 e. The van der Waals surface area contributed by atoms with E-state index in [9.17, 15) is 4.79 Å². The van der Waals surface area contributed by atoms with E-state index in [-0.39, 0.29) is 11.7 Å². The van der Waals surface area contributed by atoms with Gasteiger partial charge in [0.15, 0.2) is 16.1 Å². The number of aromatic nitrogens is 4. The number of nitrogens with one attached hydrogen (secondary N) is 1. The topological polar surface area (TPSA) is 72.7 Å². The van der Waals surface area contributed by atoms with Crippen LogP contribution in [-0.2, 0) is 11.2 Å². The number of rotatable bonds is 8. The maximum absolute atomic E-state index is 12.8. The molecule has 0 saturated heterocycles. The van der Waals surface area contributed by atoms with E-state index in [0.717, 1.165) is 38.4 Å². The molecule has 0 unspecified atom stereocenters. The quantitative estimate of drug-likeness (QED) is 0.206. The number of thiazole rings is 1. The van der Waals surface area contributed by atoms with Crippen molar-refractivity contribution in [2.45, 2.75) is 18.5 Å². The third kappa shape index (κ3) is 5.75. The highest BCUT2D eigenvalue weighted by atomic mass is 79.9. The summed E-state index contributed by atoms with van der Waals surface area (Å²) in [6.07, 6.45) is 2.59. The van der Waals surface area contributed by atoms with Gasteiger partial charge in [-0.15, -0.1) is 21.5 Å². The van der Waals surface area contributed by atoms with E-state index in [1.54, 1.807) is 0 Å². The Morgan fingerprint density at radius 2 is 1.75 bits per heavy atom. The lowest BCUT2D eigenvalue weighted by atomic mass is 10.1. The predicted octanol–water partition coefficient (Wildman–Crippen LogP) is 6.78. The molecule has 0 aliphatic carbocycles. The van der Waals surface area contributed by atoms with Crippen molar-refractivity contribution in [1.82, 2.24) is 19.7 Å². The van der Waals surface area contributed by atoms with Crippen molar-refractivity contribution in [3.63, 3.8) is 0 Å². The van der Waals surface area contributed by atoms with Gasteiger partial charge < -0.3 is 5.32 Å². The van der Waals surface area contributed by atoms with Crippen molar-refractivity contribution < 1.29 is 4.79 Å². The lowest BCUT2D eigenvalue weighted by Gasteiger charge is -2.12. The molecule has 0 bridgehead atoms. The van der Waals surface area contributed by atoms with Gasteiger partial charge in [-0.3, -0.25) is 9.36 Å². The summed E-state index contributed by atoms with van der Waals surface area (Å²) in [6, 6.07) is 26.2. The molecule has 0 atom stereocenters. The minimum atomic E-state index is -0.134. The molecule has 6 nitrogen and oxygen atoms in total. The van der Waals surface area contributed by atoms with Crippen LogP contribution in [0.2, 0.25) is 0 Å². The lowest BCUT2D eigenvalue weighted by molar-refractivity contribution is -0.113. The van der Waals surface area contributed by atoms with Crippen LogP contribution in [0.25, 0.3) is 17.1 Å². The Morgan fingerprint density at radius 1 is 1.00 bits per heavy atom. The standard InChI is InChI=1S/C27H22BrN5OS2/c1-18-7-5-6-10-23(18)33-25(20-8-3-2-4-9-20)31-32-27(33)35-17-24(34)30-26-29-16-22(36-26)15-19-11-13-21(28)14-12-19/h2-14,16H,15,17H2,1H3,(H,29,30,34). The summed E-state index contributed by atoms with van der Waals surface area (Å²) in [5.41, 5.74) is 4.24. The van der Waals surface area contributed by atoms with Crippen LogP contribution in [0, 0.1) is 6.92 Å². The molecular weight excluding hydrogens is 554 g/mol. The molecule has 180 valence electrons. The summed E-state index contributed by atoms with van der Waals surface area (Å²) in [5, 5.41) is 13.1. The van der Waals surface area contributed by atoms with Gasteiger partial charge in [0.1, 0.15) is 0 Å². The maximum Gasteiger partial charge on any atom is 0.236 e. The van der Waals surface area contributed by atoms with Crippen LogP contribution in [-0.4, -0.2) is 31.4 Å². The molecule has 5 aromatic rings. The fourth-order valence-electron chi connectivity index (χ4n) is 3.71. The van der Waals surface area contributed by atoms with Crippen molar-refractivity contribution in [3.8, 4) is 17.1 Å². The minimum Gasteiger partial charge on any atom is -0.301 e. The van der Waals surface area contributed by atoms with E-state index in [0.29, 0.717) is 10.3 Å². The summed E-state index contributed by atoms with van der Waals surface area (Å²) in [6.45, 7) is 2.06. The van der Waals surface area contributed by atoms with E-state index < -0.39 is 0 Å². The zero-order chi connectivity index (χ0) is 24.9. The fourth-order valence-corrected chi connectivity index (χ4v) is 5.58. The van der Waals surface area contributed by atoms with Crippen molar-refractivity contribution >= 4 is 50.1 Å². The second-order valence-electron chi connectivity index (χ2n) is 8.07. The SMILES string of the molecule is Cc1ccccc1-n1c(SCC(=O)Nc2ncc(Cc3ccc(Br)cc3)s2)nnc1-c1ccccc1. The van der Waals surface area contributed by atoms with E-state index in [4.69, 9.17) is 0 Å². The second-order valence-corrected chi connectivity index (χ2v) is 11.0. The highest BCUT2D eigenvalue weighted by Gasteiger charge is 2.18. The van der Waals surface area contributed by atoms with Gasteiger partial charge in [-0.05, 0) is 36.2 Å². The van der Waals surface area contributed by atoms with Crippen molar-refractivity contribution in [3.05, 3.63) is 106 Å². The molecule has 0 radical (unpaired) electrons. The first kappa shape index (κ1) is 24.4. The van der Waals surface area contributed by atoms with E-state index >= 15 is 0 Å². The number of para-hydroxylation sites is 1. The first-order valence-electron chi connectivity index (χ1n) is 11.3. The second kappa shape index (κ2) is 11.2. The molecule has 2 heterocycles. The Kier molecular flexibility index (Phi) is 7.60. The van der Waals surface area contributed by atoms with Gasteiger partial charge in [0, 0.05) is 27.5 Å². The van der Waals surface area contributed by atoms with Crippen LogP contribution in [0.15, 0.2) is 94.7 Å². The molecule has 0 aliphatic heterocycles. The Hall–Kier alpha value is -3.27. The number of hydrogen-bond donors (Lipinski definition) is 1. The number of carbonyl (C=O) groups excluding carboxylic acids is 1. The zero-order valence-corrected chi connectivity index (χ0v) is 22.6. The first-order valence-corrected chi connectivity index (χ1v) is 13.8. The third-order valence-corrected chi connectivity index (χ3v) is 7.82. The van der Waals surface area contributed by atoms with Gasteiger partial charge in [-0.2, -0.15) is 0 Å². The number of thioether (sulfide) groups is 1. The Morgan fingerprint density at radius 3 is 2.53 bits per heavy atom. The van der Waals surface area contributed by atoms with E-state index in [1.807, 2.05) is 71.4 Å². The number of halogens is 1. The molecular formula is C27H22BrN5OS2. The van der Waals surface area contributed by atoms with E-state index in [2.05, 4.69) is 61.6 Å². The molecule has 0 saturated carbocycles. The third-order valence-electron chi connectivity index (χ3n) is 5.45. The molecule has 3 aromatic carbocycles. The molecule has 1 N–H and O–H groups in total. The number of benzene rings is 3. The normalized spacial score (nSPS) is 10.9. The molecule has 1 amide bonds. The van der Waals surface area contributed by atoms with Gasteiger partial charge >= 0.3 is 0 Å². The number of hydrogen-bond acceptors (Lipinski definition) is 6. The van der Waals surface area contributed by atoms with Crippen LogP contribution < -0.4 is 5.32 Å². The van der Waals surface area contributed by atoms with Gasteiger partial charge in [-0.25, -0.2) is 4.98 Å². The van der Waals surface area contributed by atoms with Gasteiger partial charge in [0.25, 0.3) is 0 Å². The van der Waals surface area contributed by atoms with Crippen molar-refractivity contribution in [1.29, 1.82) is 0 Å². The smallest absolute Gasteiger partial charge is 0.236 e. The summed E-state index contributed by atoms with van der Waals surface area (Å²) < 4.78 is 3.07. The lowest BCUT2D eigenvalue weighted by Crippen LogP contribution is -2.14. The molecule has 0 fully saturated rings. The molecule has 9 heteroatoms. The Balaban J connectivity index is 1.29. The highest BCUT2D eigenvalue weighted by molar-refractivity contribution is 9.10. The molecule has 2 aromatic heterocycles. The molecule has 5 rings (SSSR count).